The third-order valence-corrected chi connectivity index (χ3v) is 9.09. The fourth-order valence-electron chi connectivity index (χ4n) is 6.90. The second kappa shape index (κ2) is 12.4. The molecule has 4 bridgehead atoms. The Kier molecular flexibility index (Phi) is 11.4. The van der Waals surface area contributed by atoms with Gasteiger partial charge in [0.15, 0.2) is 0 Å². The van der Waals surface area contributed by atoms with Crippen molar-refractivity contribution in [3.8, 4) is 0 Å². The molecule has 166 valence electrons. The topological polar surface area (TPSA) is 0 Å². The van der Waals surface area contributed by atoms with E-state index in [4.69, 9.17) is 0 Å². The monoisotopic (exact) mass is 616 g/mol. The molecule has 0 aromatic rings. The summed E-state index contributed by atoms with van der Waals surface area (Å²) >= 11 is 0. The van der Waals surface area contributed by atoms with E-state index in [9.17, 15) is 0 Å². The van der Waals surface area contributed by atoms with Crippen LogP contribution >= 0.6 is 0 Å². The van der Waals surface area contributed by atoms with Crippen LogP contribution in [-0.4, -0.2) is 61.3 Å². The summed E-state index contributed by atoms with van der Waals surface area (Å²) in [4.78, 5) is 0. The molecule has 0 unspecified atom stereocenters. The minimum absolute atomic E-state index is 0. The van der Waals surface area contributed by atoms with E-state index in [2.05, 4.69) is 0 Å². The van der Waals surface area contributed by atoms with Gasteiger partial charge in [0.2, 0.25) is 0 Å². The summed E-state index contributed by atoms with van der Waals surface area (Å²) in [5.41, 5.74) is 0. The Morgan fingerprint density at radius 1 is 0.393 bits per heavy atom. The Labute approximate surface area is 209 Å². The summed E-state index contributed by atoms with van der Waals surface area (Å²) in [5, 5.41) is 0. The minimum Gasteiger partial charge on any atom is -1.00 e. The molecule has 2 nitrogen and oxygen atoms in total. The lowest BCUT2D eigenvalue weighted by molar-refractivity contribution is -0.942. The van der Waals surface area contributed by atoms with Crippen LogP contribution in [0.4, 0.5) is 0 Å². The molecular formula is C24H46I2N2. The molecule has 6 aliphatic rings. The van der Waals surface area contributed by atoms with Gasteiger partial charge in [-0.2, -0.15) is 0 Å². The number of fused-ring (bicyclic) bond motifs is 6. The van der Waals surface area contributed by atoms with E-state index in [0.717, 1.165) is 11.8 Å². The quantitative estimate of drug-likeness (QED) is 0.165. The standard InChI is InChI=1S/C24H46N2.2HI/c1(3-5-7-15-25-17-9-23(10-18-25)11-19-25)2-4-6-8-16-26-20-12-24(13-21-26)14-22-26;;/h23-24H,1-22H2;2*1H/q+2;;/p-2. The van der Waals surface area contributed by atoms with Crippen molar-refractivity contribution in [2.75, 3.05) is 52.4 Å². The van der Waals surface area contributed by atoms with Crippen molar-refractivity contribution in [2.24, 2.45) is 11.8 Å². The second-order valence-corrected chi connectivity index (χ2v) is 10.8. The summed E-state index contributed by atoms with van der Waals surface area (Å²) in [5.74, 6) is 2.23. The Morgan fingerprint density at radius 2 is 0.643 bits per heavy atom. The molecular weight excluding hydrogens is 570 g/mol. The van der Waals surface area contributed by atoms with Crippen LogP contribution in [0.25, 0.3) is 0 Å². The molecule has 4 heteroatoms. The average molecular weight is 616 g/mol. The van der Waals surface area contributed by atoms with Crippen LogP contribution < -0.4 is 48.0 Å². The van der Waals surface area contributed by atoms with Gasteiger partial charge < -0.3 is 56.9 Å². The van der Waals surface area contributed by atoms with Crippen LogP contribution in [-0.2, 0) is 0 Å². The average Bonchev–Trinajstić information content (AvgIpc) is 2.72. The Hall–Kier alpha value is 1.38. The van der Waals surface area contributed by atoms with Gasteiger partial charge in [-0.05, 0) is 76.0 Å². The smallest absolute Gasteiger partial charge is 0.0789 e. The van der Waals surface area contributed by atoms with Gasteiger partial charge in [0.1, 0.15) is 0 Å². The van der Waals surface area contributed by atoms with Gasteiger partial charge in [0.25, 0.3) is 0 Å². The summed E-state index contributed by atoms with van der Waals surface area (Å²) in [6.45, 7) is 12.1. The number of quaternary nitrogens is 2. The lowest BCUT2D eigenvalue weighted by atomic mass is 9.85. The van der Waals surface area contributed by atoms with Crippen molar-refractivity contribution in [1.29, 1.82) is 0 Å². The maximum Gasteiger partial charge on any atom is 0.0789 e. The molecule has 0 N–H and O–H groups in total. The zero-order valence-corrected chi connectivity index (χ0v) is 22.7. The second-order valence-electron chi connectivity index (χ2n) is 10.8. The van der Waals surface area contributed by atoms with Crippen LogP contribution in [0.15, 0.2) is 0 Å². The van der Waals surface area contributed by atoms with Crippen LogP contribution in [0.2, 0.25) is 0 Å². The van der Waals surface area contributed by atoms with Crippen LogP contribution in [0.5, 0.6) is 0 Å². The maximum atomic E-state index is 1.54. The number of halogens is 2. The van der Waals surface area contributed by atoms with Crippen LogP contribution in [0.3, 0.4) is 0 Å². The fraction of sp³-hybridized carbons (Fsp3) is 1.00. The lowest BCUT2D eigenvalue weighted by Crippen LogP contribution is -3.00. The molecule has 0 spiro atoms. The first-order chi connectivity index (χ1) is 12.8. The first-order valence-corrected chi connectivity index (χ1v) is 12.5. The summed E-state index contributed by atoms with van der Waals surface area (Å²) < 4.78 is 3.02. The zero-order valence-electron chi connectivity index (χ0n) is 18.4. The molecule has 0 aliphatic carbocycles. The van der Waals surface area contributed by atoms with E-state index in [0.29, 0.717) is 0 Å². The predicted octanol–water partition coefficient (Wildman–Crippen LogP) is -0.624. The molecule has 0 saturated carbocycles. The minimum atomic E-state index is 0. The highest BCUT2D eigenvalue weighted by Crippen LogP contribution is 2.34. The fourth-order valence-corrected chi connectivity index (χ4v) is 6.90. The molecule has 6 saturated heterocycles. The number of hydrogen-bond acceptors (Lipinski definition) is 0. The van der Waals surface area contributed by atoms with E-state index in [1.54, 1.807) is 38.5 Å². The van der Waals surface area contributed by atoms with Gasteiger partial charge in [0, 0.05) is 0 Å². The van der Waals surface area contributed by atoms with E-state index < -0.39 is 0 Å². The number of nitrogens with zero attached hydrogens (tertiary/aromatic N) is 2. The van der Waals surface area contributed by atoms with Crippen molar-refractivity contribution in [2.45, 2.75) is 89.9 Å². The first kappa shape index (κ1) is 25.6. The first-order valence-electron chi connectivity index (χ1n) is 12.5. The van der Waals surface area contributed by atoms with Crippen molar-refractivity contribution in [3.05, 3.63) is 0 Å². The SMILES string of the molecule is C(CCCCC[N+]12CCC(CC1)CC2)CCCC[N+]12CCC(CC1)CC2.[I-].[I-]. The lowest BCUT2D eigenvalue weighted by Gasteiger charge is -2.49. The molecule has 6 heterocycles. The van der Waals surface area contributed by atoms with Crippen LogP contribution in [0.1, 0.15) is 89.9 Å². The van der Waals surface area contributed by atoms with E-state index >= 15 is 0 Å². The van der Waals surface area contributed by atoms with E-state index in [-0.39, 0.29) is 48.0 Å². The summed E-state index contributed by atoms with van der Waals surface area (Å²) in [6.07, 6.45) is 21.3. The highest BCUT2D eigenvalue weighted by atomic mass is 127. The Balaban J connectivity index is 0.00000140. The largest absolute Gasteiger partial charge is 1.00 e. The molecule has 0 amide bonds. The molecule has 6 fully saturated rings. The highest BCUT2D eigenvalue weighted by Gasteiger charge is 2.39. The van der Waals surface area contributed by atoms with Gasteiger partial charge in [-0.1, -0.05) is 25.7 Å². The molecule has 0 aromatic carbocycles. The number of piperidine rings is 6. The third-order valence-electron chi connectivity index (χ3n) is 9.09. The molecule has 0 atom stereocenters. The van der Waals surface area contributed by atoms with E-state index in [1.165, 1.54) is 113 Å². The van der Waals surface area contributed by atoms with E-state index in [1.807, 2.05) is 0 Å². The van der Waals surface area contributed by atoms with Gasteiger partial charge >= 0.3 is 0 Å². The Bertz CT molecular complexity index is 359. The van der Waals surface area contributed by atoms with Gasteiger partial charge in [-0.15, -0.1) is 0 Å². The van der Waals surface area contributed by atoms with Gasteiger partial charge in [-0.3, -0.25) is 0 Å². The van der Waals surface area contributed by atoms with Crippen molar-refractivity contribution >= 4 is 0 Å². The summed E-state index contributed by atoms with van der Waals surface area (Å²) in [7, 11) is 0. The third kappa shape index (κ3) is 6.94. The van der Waals surface area contributed by atoms with Crippen molar-refractivity contribution in [3.63, 3.8) is 0 Å². The van der Waals surface area contributed by atoms with Crippen molar-refractivity contribution in [1.82, 2.24) is 0 Å². The number of rotatable bonds is 11. The molecule has 6 aliphatic heterocycles. The van der Waals surface area contributed by atoms with Gasteiger partial charge in [0.05, 0.1) is 52.4 Å². The highest BCUT2D eigenvalue weighted by molar-refractivity contribution is 4.72. The predicted molar refractivity (Wildman–Crippen MR) is 111 cm³/mol. The van der Waals surface area contributed by atoms with Crippen molar-refractivity contribution < 1.29 is 56.9 Å². The molecule has 6 rings (SSSR count). The Morgan fingerprint density at radius 3 is 0.929 bits per heavy atom. The summed E-state index contributed by atoms with van der Waals surface area (Å²) in [6, 6.07) is 0. The zero-order chi connectivity index (χ0) is 17.7. The number of hydrogen-bond donors (Lipinski definition) is 0. The van der Waals surface area contributed by atoms with Gasteiger partial charge in [-0.25, -0.2) is 0 Å². The molecule has 0 aromatic heterocycles. The molecule has 28 heavy (non-hydrogen) atoms. The molecule has 0 radical (unpaired) electrons. The maximum absolute atomic E-state index is 1.54. The normalized spacial score (nSPS) is 36.0. The van der Waals surface area contributed by atoms with Crippen LogP contribution in [0, 0.1) is 11.8 Å². The number of unbranched alkanes of at least 4 members (excludes halogenated alkanes) is 7.